The van der Waals surface area contributed by atoms with Crippen molar-refractivity contribution in [1.29, 1.82) is 0 Å². The Hall–Kier alpha value is -6.10. The number of carbonyl (C=O) groups is 2. The molecular formula is C52H49F6NO4. The minimum absolute atomic E-state index is 0.160. The number of rotatable bonds is 15. The Balaban J connectivity index is 1.39. The van der Waals surface area contributed by atoms with Gasteiger partial charge >= 0.3 is 24.3 Å². The van der Waals surface area contributed by atoms with Crippen molar-refractivity contribution in [3.8, 4) is 22.3 Å². The number of anilines is 3. The van der Waals surface area contributed by atoms with E-state index in [4.69, 9.17) is 9.47 Å². The lowest BCUT2D eigenvalue weighted by Gasteiger charge is -2.35. The van der Waals surface area contributed by atoms with Crippen molar-refractivity contribution in [2.24, 2.45) is 0 Å². The number of hydrogen-bond donors (Lipinski definition) is 0. The maximum absolute atomic E-state index is 15.2. The molecule has 328 valence electrons. The van der Waals surface area contributed by atoms with Gasteiger partial charge in [0.25, 0.3) is 0 Å². The van der Waals surface area contributed by atoms with Crippen molar-refractivity contribution in [3.63, 3.8) is 0 Å². The Morgan fingerprint density at radius 3 is 1.57 bits per heavy atom. The van der Waals surface area contributed by atoms with E-state index in [0.717, 1.165) is 50.6 Å². The van der Waals surface area contributed by atoms with Crippen LogP contribution in [0.4, 0.5) is 43.4 Å². The maximum atomic E-state index is 15.2. The number of nitrogens with zero attached hydrogens (tertiary/aromatic N) is 1. The van der Waals surface area contributed by atoms with E-state index in [1.807, 2.05) is 86.6 Å². The summed E-state index contributed by atoms with van der Waals surface area (Å²) < 4.78 is 98.6. The molecule has 2 aliphatic rings. The highest BCUT2D eigenvalue weighted by Crippen LogP contribution is 2.57. The van der Waals surface area contributed by atoms with Crippen molar-refractivity contribution in [3.05, 3.63) is 161 Å². The van der Waals surface area contributed by atoms with Crippen LogP contribution in [0.1, 0.15) is 99.6 Å². The number of carbonyl (C=O) groups excluding carboxylic acids is 2. The molecule has 5 aromatic carbocycles. The van der Waals surface area contributed by atoms with E-state index in [0.29, 0.717) is 56.0 Å². The van der Waals surface area contributed by atoms with Crippen LogP contribution in [0.2, 0.25) is 0 Å². The molecule has 0 unspecified atom stereocenters. The summed E-state index contributed by atoms with van der Waals surface area (Å²) in [5.41, 5.74) is 4.28. The minimum Gasteiger partial charge on any atom is -0.462 e. The molecule has 5 nitrogen and oxygen atoms in total. The molecule has 0 radical (unpaired) electrons. The zero-order chi connectivity index (χ0) is 45.5. The van der Waals surface area contributed by atoms with Gasteiger partial charge in [-0.25, -0.2) is 9.59 Å². The third-order valence-electron chi connectivity index (χ3n) is 12.4. The van der Waals surface area contributed by atoms with Crippen LogP contribution in [-0.4, -0.2) is 25.2 Å². The molecule has 11 heteroatoms. The van der Waals surface area contributed by atoms with Crippen LogP contribution >= 0.6 is 0 Å². The summed E-state index contributed by atoms with van der Waals surface area (Å²) in [6.07, 6.45) is -6.79. The standard InChI is InChI=1S/C52H49F6NO4/c1-32(2)47(60)62-27-13-11-25-50(26-12-14-28-63-48(61)33(3)4)42-18-10-8-16-38(42)40-23-21-36(31-44(40)50)59(46-24-19-34(51(53,54)55)29-45(46)52(56,57)58)35-20-22-39-37-15-7-9-17-41(37)49(5,6)43(39)30-35/h7-10,15-24,29-31H,1,3,11-14,25-28H2,2,4-6H3. The molecule has 0 atom stereocenters. The molecule has 2 aliphatic carbocycles. The van der Waals surface area contributed by atoms with Crippen molar-refractivity contribution in [1.82, 2.24) is 0 Å². The Morgan fingerprint density at radius 1 is 0.571 bits per heavy atom. The van der Waals surface area contributed by atoms with E-state index in [2.05, 4.69) is 13.2 Å². The lowest BCUT2D eigenvalue weighted by Crippen LogP contribution is -2.26. The second-order valence-electron chi connectivity index (χ2n) is 17.1. The van der Waals surface area contributed by atoms with Crippen LogP contribution in [0.5, 0.6) is 0 Å². The average Bonchev–Trinajstić information content (AvgIpc) is 3.64. The molecule has 0 fully saturated rings. The van der Waals surface area contributed by atoms with Gasteiger partial charge in [0.15, 0.2) is 0 Å². The minimum atomic E-state index is -5.15. The molecule has 0 aromatic heterocycles. The predicted octanol–water partition coefficient (Wildman–Crippen LogP) is 14.3. The highest BCUT2D eigenvalue weighted by Gasteiger charge is 2.44. The first kappa shape index (κ1) is 44.9. The molecule has 7 rings (SSSR count). The fraction of sp³-hybridized carbons (Fsp3) is 0.308. The summed E-state index contributed by atoms with van der Waals surface area (Å²) >= 11 is 0. The fourth-order valence-corrected chi connectivity index (χ4v) is 9.27. The van der Waals surface area contributed by atoms with Crippen molar-refractivity contribution >= 4 is 29.0 Å². The summed E-state index contributed by atoms with van der Waals surface area (Å²) in [6, 6.07) is 28.5. The molecule has 0 heterocycles. The first-order chi connectivity index (χ1) is 29.8. The first-order valence-electron chi connectivity index (χ1n) is 21.0. The van der Waals surface area contributed by atoms with E-state index in [9.17, 15) is 22.8 Å². The van der Waals surface area contributed by atoms with Gasteiger partial charge in [0.2, 0.25) is 0 Å². The van der Waals surface area contributed by atoms with Gasteiger partial charge in [0, 0.05) is 33.4 Å². The Labute approximate surface area is 364 Å². The van der Waals surface area contributed by atoms with Gasteiger partial charge in [-0.15, -0.1) is 0 Å². The van der Waals surface area contributed by atoms with Gasteiger partial charge < -0.3 is 14.4 Å². The van der Waals surface area contributed by atoms with E-state index >= 15 is 13.2 Å². The monoisotopic (exact) mass is 865 g/mol. The molecule has 0 spiro atoms. The number of halogens is 6. The summed E-state index contributed by atoms with van der Waals surface area (Å²) in [6.45, 7) is 14.9. The lowest BCUT2D eigenvalue weighted by molar-refractivity contribution is -0.143. The van der Waals surface area contributed by atoms with Gasteiger partial charge in [-0.3, -0.25) is 0 Å². The zero-order valence-corrected chi connectivity index (χ0v) is 35.7. The predicted molar refractivity (Wildman–Crippen MR) is 234 cm³/mol. The third kappa shape index (κ3) is 8.67. The average molecular weight is 866 g/mol. The van der Waals surface area contributed by atoms with E-state index < -0.39 is 51.9 Å². The molecule has 63 heavy (non-hydrogen) atoms. The Kier molecular flexibility index (Phi) is 12.3. The highest BCUT2D eigenvalue weighted by molar-refractivity contribution is 5.90. The second kappa shape index (κ2) is 17.2. The normalized spacial score (nSPS) is 14.3. The quantitative estimate of drug-likeness (QED) is 0.0454. The van der Waals surface area contributed by atoms with Crippen LogP contribution in [-0.2, 0) is 42.2 Å². The van der Waals surface area contributed by atoms with Crippen LogP contribution < -0.4 is 4.90 Å². The van der Waals surface area contributed by atoms with Crippen LogP contribution in [0.3, 0.4) is 0 Å². The number of alkyl halides is 6. The summed E-state index contributed by atoms with van der Waals surface area (Å²) in [7, 11) is 0. The number of ether oxygens (including phenoxy) is 2. The number of fused-ring (bicyclic) bond motifs is 6. The van der Waals surface area contributed by atoms with Gasteiger partial charge in [0.1, 0.15) is 0 Å². The Bertz CT molecular complexity index is 2570. The molecule has 0 aliphatic heterocycles. The molecular weight excluding hydrogens is 817 g/mol. The highest BCUT2D eigenvalue weighted by atomic mass is 19.4. The van der Waals surface area contributed by atoms with Gasteiger partial charge in [-0.1, -0.05) is 87.7 Å². The fourth-order valence-electron chi connectivity index (χ4n) is 9.27. The third-order valence-corrected chi connectivity index (χ3v) is 12.4. The maximum Gasteiger partial charge on any atom is 0.418 e. The van der Waals surface area contributed by atoms with Crippen LogP contribution in [0.25, 0.3) is 22.3 Å². The zero-order valence-electron chi connectivity index (χ0n) is 35.7. The van der Waals surface area contributed by atoms with Crippen molar-refractivity contribution < 1.29 is 45.4 Å². The molecule has 0 saturated heterocycles. The van der Waals surface area contributed by atoms with Crippen LogP contribution in [0, 0.1) is 0 Å². The number of esters is 2. The number of unbranched alkanes of at least 4 members (excludes halogenated alkanes) is 2. The number of hydrogen-bond acceptors (Lipinski definition) is 5. The summed E-state index contributed by atoms with van der Waals surface area (Å²) in [5.74, 6) is -0.980. The second-order valence-corrected chi connectivity index (χ2v) is 17.1. The van der Waals surface area contributed by atoms with E-state index in [-0.39, 0.29) is 30.4 Å². The van der Waals surface area contributed by atoms with Gasteiger partial charge in [0.05, 0.1) is 30.0 Å². The summed E-state index contributed by atoms with van der Waals surface area (Å²) in [5, 5.41) is 0. The summed E-state index contributed by atoms with van der Waals surface area (Å²) in [4.78, 5) is 25.8. The first-order valence-corrected chi connectivity index (χ1v) is 21.0. The van der Waals surface area contributed by atoms with Crippen LogP contribution in [0.15, 0.2) is 127 Å². The smallest absolute Gasteiger partial charge is 0.418 e. The van der Waals surface area contributed by atoms with Crippen molar-refractivity contribution in [2.75, 3.05) is 18.1 Å². The molecule has 0 amide bonds. The van der Waals surface area contributed by atoms with E-state index in [1.54, 1.807) is 26.0 Å². The topological polar surface area (TPSA) is 55.8 Å². The van der Waals surface area contributed by atoms with Crippen molar-refractivity contribution in [2.45, 2.75) is 89.4 Å². The molecule has 0 saturated carbocycles. The lowest BCUT2D eigenvalue weighted by atomic mass is 9.70. The SMILES string of the molecule is C=C(C)C(=O)OCCCCC1(CCCCOC(=O)C(=C)C)c2ccccc2-c2ccc(N(c3ccc4c(c3)C(C)(C)c3ccccc3-4)c3ccc(C(F)(F)F)cc3C(F)(F)F)cc21. The largest absolute Gasteiger partial charge is 0.462 e. The van der Waals surface area contributed by atoms with E-state index in [1.165, 1.54) is 4.90 Å². The number of benzene rings is 5. The molecule has 0 bridgehead atoms. The van der Waals surface area contributed by atoms with Gasteiger partial charge in [-0.2, -0.15) is 26.3 Å². The Morgan fingerprint density at radius 2 is 1.05 bits per heavy atom. The molecule has 5 aromatic rings. The molecule has 0 N–H and O–H groups in total. The van der Waals surface area contributed by atoms with Gasteiger partial charge in [-0.05, 0) is 139 Å².